The quantitative estimate of drug-likeness (QED) is 0.921. The molecule has 1 heterocycles. The zero-order chi connectivity index (χ0) is 13.8. The molecule has 0 aliphatic heterocycles. The minimum atomic E-state index is -0.370. The Kier molecular flexibility index (Phi) is 4.32. The van der Waals surface area contributed by atoms with Crippen LogP contribution in [-0.4, -0.2) is 17.0 Å². The van der Waals surface area contributed by atoms with Crippen molar-refractivity contribution in [1.82, 2.24) is 9.97 Å². The summed E-state index contributed by atoms with van der Waals surface area (Å²) in [5.74, 6) is 0.367. The van der Waals surface area contributed by atoms with Gasteiger partial charge in [-0.15, -0.1) is 0 Å². The maximum atomic E-state index is 14.0. The Morgan fingerprint density at radius 1 is 1.32 bits per heavy atom. The molecule has 100 valence electrons. The molecule has 2 aromatic rings. The number of rotatable bonds is 4. The average Bonchev–Trinajstić information content (AvgIpc) is 2.40. The highest BCUT2D eigenvalue weighted by Crippen LogP contribution is 2.29. The van der Waals surface area contributed by atoms with Gasteiger partial charge in [-0.05, 0) is 24.6 Å². The van der Waals surface area contributed by atoms with E-state index in [-0.39, 0.29) is 5.82 Å². The Morgan fingerprint density at radius 3 is 2.74 bits per heavy atom. The normalized spacial score (nSPS) is 10.5. The molecule has 1 N–H and O–H groups in total. The third-order valence-corrected chi connectivity index (χ3v) is 3.10. The summed E-state index contributed by atoms with van der Waals surface area (Å²) in [6.45, 7) is 2.06. The van der Waals surface area contributed by atoms with Gasteiger partial charge in [-0.3, -0.25) is 0 Å². The van der Waals surface area contributed by atoms with Crippen LogP contribution in [0.15, 0.2) is 24.5 Å². The predicted molar refractivity (Wildman–Crippen MR) is 76.0 cm³/mol. The average molecular weight is 280 g/mol. The fourth-order valence-corrected chi connectivity index (χ4v) is 2.19. The molecule has 5 heteroatoms. The molecule has 0 spiro atoms. The second-order valence-electron chi connectivity index (χ2n) is 4.17. The SMILES string of the molecule is CCCc1c(NC)ncnc1-c1ccc(Cl)cc1F. The first-order chi connectivity index (χ1) is 9.17. The van der Waals surface area contributed by atoms with Crippen LogP contribution in [0.2, 0.25) is 5.02 Å². The molecule has 1 aromatic carbocycles. The van der Waals surface area contributed by atoms with Crippen molar-refractivity contribution in [3.8, 4) is 11.3 Å². The molecular formula is C14H15ClFN3. The lowest BCUT2D eigenvalue weighted by Crippen LogP contribution is -2.03. The van der Waals surface area contributed by atoms with E-state index in [4.69, 9.17) is 11.6 Å². The summed E-state index contributed by atoms with van der Waals surface area (Å²) in [7, 11) is 1.80. The summed E-state index contributed by atoms with van der Waals surface area (Å²) in [4.78, 5) is 8.41. The lowest BCUT2D eigenvalue weighted by Gasteiger charge is -2.12. The molecule has 19 heavy (non-hydrogen) atoms. The molecule has 0 unspecified atom stereocenters. The first kappa shape index (κ1) is 13.7. The molecule has 0 saturated heterocycles. The predicted octanol–water partition coefficient (Wildman–Crippen LogP) is 3.93. The molecule has 0 bridgehead atoms. The fraction of sp³-hybridized carbons (Fsp3) is 0.286. The van der Waals surface area contributed by atoms with Crippen LogP contribution in [0.5, 0.6) is 0 Å². The minimum Gasteiger partial charge on any atom is -0.373 e. The smallest absolute Gasteiger partial charge is 0.134 e. The third kappa shape index (κ3) is 2.84. The Bertz CT molecular complexity index is 587. The van der Waals surface area contributed by atoms with Gasteiger partial charge >= 0.3 is 0 Å². The molecule has 0 radical (unpaired) electrons. The van der Waals surface area contributed by atoms with E-state index < -0.39 is 0 Å². The van der Waals surface area contributed by atoms with Crippen LogP contribution in [0.3, 0.4) is 0 Å². The Hall–Kier alpha value is -1.68. The zero-order valence-corrected chi connectivity index (χ0v) is 11.6. The summed E-state index contributed by atoms with van der Waals surface area (Å²) in [5.41, 5.74) is 2.00. The monoisotopic (exact) mass is 279 g/mol. The van der Waals surface area contributed by atoms with E-state index in [2.05, 4.69) is 22.2 Å². The summed E-state index contributed by atoms with van der Waals surface area (Å²) in [6, 6.07) is 4.61. The molecule has 0 aliphatic rings. The highest BCUT2D eigenvalue weighted by molar-refractivity contribution is 6.30. The van der Waals surface area contributed by atoms with Gasteiger partial charge in [0.1, 0.15) is 18.0 Å². The molecule has 0 fully saturated rings. The minimum absolute atomic E-state index is 0.370. The van der Waals surface area contributed by atoms with E-state index in [0.29, 0.717) is 16.3 Å². The van der Waals surface area contributed by atoms with E-state index in [1.165, 1.54) is 12.4 Å². The van der Waals surface area contributed by atoms with Crippen molar-refractivity contribution < 1.29 is 4.39 Å². The number of anilines is 1. The molecule has 1 aromatic heterocycles. The van der Waals surface area contributed by atoms with Gasteiger partial charge in [0, 0.05) is 23.2 Å². The van der Waals surface area contributed by atoms with Gasteiger partial charge in [-0.1, -0.05) is 24.9 Å². The summed E-state index contributed by atoms with van der Waals surface area (Å²) in [5, 5.41) is 3.40. The molecule has 2 rings (SSSR count). The van der Waals surface area contributed by atoms with Crippen molar-refractivity contribution in [2.45, 2.75) is 19.8 Å². The second-order valence-corrected chi connectivity index (χ2v) is 4.61. The molecule has 0 saturated carbocycles. The lowest BCUT2D eigenvalue weighted by molar-refractivity contribution is 0.630. The van der Waals surface area contributed by atoms with Crippen LogP contribution in [0.1, 0.15) is 18.9 Å². The van der Waals surface area contributed by atoms with Crippen molar-refractivity contribution in [2.24, 2.45) is 0 Å². The van der Waals surface area contributed by atoms with Gasteiger partial charge < -0.3 is 5.32 Å². The van der Waals surface area contributed by atoms with E-state index in [1.54, 1.807) is 19.2 Å². The van der Waals surface area contributed by atoms with Crippen molar-refractivity contribution in [1.29, 1.82) is 0 Å². The lowest BCUT2D eigenvalue weighted by atomic mass is 10.0. The zero-order valence-electron chi connectivity index (χ0n) is 10.9. The highest BCUT2D eigenvalue weighted by atomic mass is 35.5. The van der Waals surface area contributed by atoms with Crippen molar-refractivity contribution >= 4 is 17.4 Å². The van der Waals surface area contributed by atoms with Gasteiger partial charge in [0.15, 0.2) is 0 Å². The van der Waals surface area contributed by atoms with Crippen molar-refractivity contribution in [3.63, 3.8) is 0 Å². The summed E-state index contributed by atoms with van der Waals surface area (Å²) < 4.78 is 14.0. The van der Waals surface area contributed by atoms with E-state index >= 15 is 0 Å². The Labute approximate surface area is 116 Å². The Morgan fingerprint density at radius 2 is 2.11 bits per heavy atom. The van der Waals surface area contributed by atoms with Gasteiger partial charge in [0.05, 0.1) is 5.69 Å². The fourth-order valence-electron chi connectivity index (χ4n) is 2.03. The number of nitrogens with zero attached hydrogens (tertiary/aromatic N) is 2. The van der Waals surface area contributed by atoms with Crippen LogP contribution in [0.25, 0.3) is 11.3 Å². The number of benzene rings is 1. The molecule has 0 aliphatic carbocycles. The van der Waals surface area contributed by atoms with Crippen LogP contribution in [0, 0.1) is 5.82 Å². The number of hydrogen-bond donors (Lipinski definition) is 1. The van der Waals surface area contributed by atoms with Gasteiger partial charge in [-0.2, -0.15) is 0 Å². The van der Waals surface area contributed by atoms with Crippen LogP contribution < -0.4 is 5.32 Å². The number of nitrogens with one attached hydrogen (secondary N) is 1. The van der Waals surface area contributed by atoms with Gasteiger partial charge in [0.25, 0.3) is 0 Å². The summed E-state index contributed by atoms with van der Waals surface area (Å²) in [6.07, 6.45) is 3.16. The third-order valence-electron chi connectivity index (χ3n) is 2.87. The van der Waals surface area contributed by atoms with Crippen LogP contribution >= 0.6 is 11.6 Å². The van der Waals surface area contributed by atoms with Gasteiger partial charge in [-0.25, -0.2) is 14.4 Å². The highest BCUT2D eigenvalue weighted by Gasteiger charge is 2.15. The molecule has 3 nitrogen and oxygen atoms in total. The molecular weight excluding hydrogens is 265 g/mol. The standard InChI is InChI=1S/C14H15ClFN3/c1-3-4-11-13(18-8-19-14(11)17-2)10-6-5-9(15)7-12(10)16/h5-8H,3-4H2,1-2H3,(H,17,18,19). The van der Waals surface area contributed by atoms with Gasteiger partial charge in [0.2, 0.25) is 0 Å². The molecule has 0 atom stereocenters. The van der Waals surface area contributed by atoms with E-state index in [1.807, 2.05) is 0 Å². The number of halogens is 2. The van der Waals surface area contributed by atoms with Crippen LogP contribution in [-0.2, 0) is 6.42 Å². The maximum Gasteiger partial charge on any atom is 0.134 e. The van der Waals surface area contributed by atoms with Crippen molar-refractivity contribution in [3.05, 3.63) is 40.9 Å². The van der Waals surface area contributed by atoms with Crippen LogP contribution in [0.4, 0.5) is 10.2 Å². The second kappa shape index (κ2) is 5.97. The maximum absolute atomic E-state index is 14.0. The first-order valence-corrected chi connectivity index (χ1v) is 6.52. The largest absolute Gasteiger partial charge is 0.373 e. The van der Waals surface area contributed by atoms with E-state index in [0.717, 1.165) is 24.2 Å². The topological polar surface area (TPSA) is 37.8 Å². The Balaban J connectivity index is 2.60. The molecule has 0 amide bonds. The van der Waals surface area contributed by atoms with E-state index in [9.17, 15) is 4.39 Å². The van der Waals surface area contributed by atoms with Crippen molar-refractivity contribution in [2.75, 3.05) is 12.4 Å². The summed E-state index contributed by atoms with van der Waals surface area (Å²) >= 11 is 5.78. The number of aromatic nitrogens is 2. The first-order valence-electron chi connectivity index (χ1n) is 6.14. The number of hydrogen-bond acceptors (Lipinski definition) is 3.